The van der Waals surface area contributed by atoms with Crippen molar-refractivity contribution in [2.45, 2.75) is 12.5 Å². The number of nitrogens with two attached hydrogens (primary N) is 1. The first-order valence-electron chi connectivity index (χ1n) is 8.64. The van der Waals surface area contributed by atoms with Gasteiger partial charge in [0.15, 0.2) is 0 Å². The van der Waals surface area contributed by atoms with Crippen LogP contribution in [0.25, 0.3) is 11.0 Å². The smallest absolute Gasteiger partial charge is 0.227 e. The summed E-state index contributed by atoms with van der Waals surface area (Å²) in [5.41, 5.74) is 14.5. The lowest BCUT2D eigenvalue weighted by Crippen LogP contribution is -2.26. The van der Waals surface area contributed by atoms with Gasteiger partial charge in [-0.15, -0.1) is 5.10 Å². The Morgan fingerprint density at radius 3 is 2.20 bits per heavy atom. The van der Waals surface area contributed by atoms with Gasteiger partial charge in [0, 0.05) is 38.9 Å². The molecule has 1 aromatic heterocycles. The molecule has 6 heteroatoms. The van der Waals surface area contributed by atoms with Crippen molar-refractivity contribution >= 4 is 22.4 Å². The van der Waals surface area contributed by atoms with Crippen molar-refractivity contribution in [3.05, 3.63) is 54.1 Å². The van der Waals surface area contributed by atoms with Gasteiger partial charge in [0.25, 0.3) is 0 Å². The second kappa shape index (κ2) is 6.29. The largest absolute Gasteiger partial charge is 0.370 e. The van der Waals surface area contributed by atoms with Crippen LogP contribution >= 0.6 is 0 Å². The number of para-hydroxylation sites is 2. The predicted octanol–water partition coefficient (Wildman–Crippen LogP) is 1.98. The van der Waals surface area contributed by atoms with E-state index in [1.54, 1.807) is 0 Å². The van der Waals surface area contributed by atoms with Crippen LogP contribution in [0.5, 0.6) is 0 Å². The maximum atomic E-state index is 5.99. The summed E-state index contributed by atoms with van der Waals surface area (Å²) in [4.78, 5) is 2.33. The van der Waals surface area contributed by atoms with Crippen molar-refractivity contribution in [3.63, 3.8) is 0 Å². The molecule has 3 N–H and O–H groups in total. The Morgan fingerprint density at radius 2 is 1.64 bits per heavy atom. The minimum atomic E-state index is 0.291. The standard InChI is InChI=1S/C19H24N6/c1-23-17-5-3-4-6-18(17)24(2)19(23)22-21-15-7-9-16(10-8-15)25-12-11-14(20)13-25/h3-10,14,21H,11-13,20H2,1-2H3. The molecule has 2 aromatic carbocycles. The molecule has 1 unspecified atom stereocenters. The number of nitrogens with one attached hydrogen (secondary N) is 1. The average Bonchev–Trinajstić information content (AvgIpc) is 3.17. The van der Waals surface area contributed by atoms with E-state index in [4.69, 9.17) is 5.73 Å². The first kappa shape index (κ1) is 15.8. The van der Waals surface area contributed by atoms with Crippen molar-refractivity contribution in [1.29, 1.82) is 0 Å². The van der Waals surface area contributed by atoms with Crippen LogP contribution in [0.4, 0.5) is 11.4 Å². The van der Waals surface area contributed by atoms with Crippen LogP contribution in [-0.2, 0) is 14.1 Å². The second-order valence-corrected chi connectivity index (χ2v) is 6.67. The molecule has 0 bridgehead atoms. The lowest BCUT2D eigenvalue weighted by Gasteiger charge is -2.18. The molecule has 0 spiro atoms. The number of anilines is 2. The highest BCUT2D eigenvalue weighted by molar-refractivity contribution is 5.75. The predicted molar refractivity (Wildman–Crippen MR) is 102 cm³/mol. The van der Waals surface area contributed by atoms with E-state index in [-0.39, 0.29) is 0 Å². The SMILES string of the molecule is Cn1c(=NNc2ccc(N3CCC(N)C3)cc2)n(C)c2ccccc21. The fourth-order valence-corrected chi connectivity index (χ4v) is 3.51. The van der Waals surface area contributed by atoms with E-state index in [1.165, 1.54) is 5.69 Å². The lowest BCUT2D eigenvalue weighted by atomic mass is 10.2. The van der Waals surface area contributed by atoms with E-state index in [9.17, 15) is 0 Å². The van der Waals surface area contributed by atoms with E-state index < -0.39 is 0 Å². The third-order valence-electron chi connectivity index (χ3n) is 4.95. The van der Waals surface area contributed by atoms with Crippen molar-refractivity contribution in [2.75, 3.05) is 23.4 Å². The van der Waals surface area contributed by atoms with Crippen molar-refractivity contribution < 1.29 is 0 Å². The van der Waals surface area contributed by atoms with Gasteiger partial charge in [-0.25, -0.2) is 0 Å². The zero-order valence-corrected chi connectivity index (χ0v) is 14.7. The van der Waals surface area contributed by atoms with Crippen LogP contribution in [0.1, 0.15) is 6.42 Å². The maximum Gasteiger partial charge on any atom is 0.227 e. The summed E-state index contributed by atoms with van der Waals surface area (Å²) in [5.74, 6) is 0. The molecule has 1 atom stereocenters. The molecule has 4 rings (SSSR count). The van der Waals surface area contributed by atoms with Crippen molar-refractivity contribution in [3.8, 4) is 0 Å². The van der Waals surface area contributed by atoms with Crippen molar-refractivity contribution in [1.82, 2.24) is 9.13 Å². The summed E-state index contributed by atoms with van der Waals surface area (Å²) in [7, 11) is 4.06. The zero-order valence-electron chi connectivity index (χ0n) is 14.7. The summed E-state index contributed by atoms with van der Waals surface area (Å²) >= 11 is 0. The van der Waals surface area contributed by atoms with Gasteiger partial charge in [-0.2, -0.15) is 0 Å². The minimum absolute atomic E-state index is 0.291. The Hall–Kier alpha value is -2.73. The lowest BCUT2D eigenvalue weighted by molar-refractivity contribution is 0.752. The summed E-state index contributed by atoms with van der Waals surface area (Å²) in [6, 6.07) is 16.9. The van der Waals surface area contributed by atoms with E-state index in [2.05, 4.69) is 61.0 Å². The van der Waals surface area contributed by atoms with Crippen LogP contribution in [0.3, 0.4) is 0 Å². The molecule has 0 amide bonds. The van der Waals surface area contributed by atoms with Gasteiger partial charge in [-0.3, -0.25) is 5.43 Å². The number of aromatic nitrogens is 2. The molecule has 25 heavy (non-hydrogen) atoms. The molecule has 0 radical (unpaired) electrons. The summed E-state index contributed by atoms with van der Waals surface area (Å²) in [5, 5.41) is 4.59. The van der Waals surface area contributed by atoms with Gasteiger partial charge in [-0.05, 0) is 42.8 Å². The molecule has 0 saturated carbocycles. The molecule has 0 aliphatic carbocycles. The topological polar surface area (TPSA) is 63.5 Å². The highest BCUT2D eigenvalue weighted by Gasteiger charge is 2.18. The Kier molecular flexibility index (Phi) is 3.97. The minimum Gasteiger partial charge on any atom is -0.370 e. The molecule has 130 valence electrons. The Bertz CT molecular complexity index is 908. The van der Waals surface area contributed by atoms with Crippen molar-refractivity contribution in [2.24, 2.45) is 24.9 Å². The number of aryl methyl sites for hydroxylation is 2. The van der Waals surface area contributed by atoms with Crippen LogP contribution in [-0.4, -0.2) is 28.3 Å². The Balaban J connectivity index is 1.58. The summed E-state index contributed by atoms with van der Waals surface area (Å²) < 4.78 is 4.17. The van der Waals surface area contributed by atoms with E-state index in [0.29, 0.717) is 6.04 Å². The fourth-order valence-electron chi connectivity index (χ4n) is 3.51. The highest BCUT2D eigenvalue weighted by Crippen LogP contribution is 2.21. The monoisotopic (exact) mass is 336 g/mol. The summed E-state index contributed by atoms with van der Waals surface area (Å²) in [6.07, 6.45) is 1.06. The number of imidazole rings is 1. The molecule has 2 heterocycles. The third-order valence-corrected chi connectivity index (χ3v) is 4.95. The summed E-state index contributed by atoms with van der Waals surface area (Å²) in [6.45, 7) is 1.97. The molecule has 6 nitrogen and oxygen atoms in total. The normalized spacial score (nSPS) is 17.2. The van der Waals surface area contributed by atoms with E-state index >= 15 is 0 Å². The van der Waals surface area contributed by atoms with Gasteiger partial charge in [0.2, 0.25) is 5.62 Å². The Labute approximate surface area is 147 Å². The van der Waals surface area contributed by atoms with E-state index in [0.717, 1.165) is 41.8 Å². The molecular weight excluding hydrogens is 312 g/mol. The highest BCUT2D eigenvalue weighted by atomic mass is 15.3. The molecule has 1 saturated heterocycles. The van der Waals surface area contributed by atoms with Crippen LogP contribution in [0.2, 0.25) is 0 Å². The van der Waals surface area contributed by atoms with Gasteiger partial charge in [-0.1, -0.05) is 12.1 Å². The first-order valence-corrected chi connectivity index (χ1v) is 8.64. The first-order chi connectivity index (χ1) is 12.1. The number of benzene rings is 2. The fraction of sp³-hybridized carbons (Fsp3) is 0.316. The number of hydrogen-bond acceptors (Lipinski definition) is 4. The number of rotatable bonds is 3. The quantitative estimate of drug-likeness (QED) is 0.719. The number of fused-ring (bicyclic) bond motifs is 1. The van der Waals surface area contributed by atoms with Gasteiger partial charge < -0.3 is 19.8 Å². The zero-order chi connectivity index (χ0) is 17.4. The van der Waals surface area contributed by atoms with Crippen LogP contribution < -0.4 is 21.7 Å². The average molecular weight is 336 g/mol. The van der Waals surface area contributed by atoms with Gasteiger partial charge in [0.05, 0.1) is 16.7 Å². The molecule has 3 aromatic rings. The molecule has 1 aliphatic heterocycles. The van der Waals surface area contributed by atoms with Crippen LogP contribution in [0, 0.1) is 0 Å². The third kappa shape index (κ3) is 2.89. The maximum absolute atomic E-state index is 5.99. The second-order valence-electron chi connectivity index (χ2n) is 6.67. The molecular formula is C19H24N6. The Morgan fingerprint density at radius 1 is 1.00 bits per heavy atom. The van der Waals surface area contributed by atoms with E-state index in [1.807, 2.05) is 26.2 Å². The van der Waals surface area contributed by atoms with Gasteiger partial charge >= 0.3 is 0 Å². The van der Waals surface area contributed by atoms with Gasteiger partial charge in [0.1, 0.15) is 0 Å². The number of hydrogen-bond donors (Lipinski definition) is 2. The van der Waals surface area contributed by atoms with Crippen LogP contribution in [0.15, 0.2) is 53.6 Å². The molecule has 1 aliphatic rings. The number of nitrogens with zero attached hydrogens (tertiary/aromatic N) is 4. The molecule has 1 fully saturated rings.